The van der Waals surface area contributed by atoms with Crippen LogP contribution in [0.15, 0.2) is 83.3 Å². The highest BCUT2D eigenvalue weighted by molar-refractivity contribution is 7.80. The minimum atomic E-state index is -0.598. The lowest BCUT2D eigenvalue weighted by Crippen LogP contribution is -2.33. The van der Waals surface area contributed by atoms with Crippen LogP contribution in [0.5, 0.6) is 5.75 Å². The summed E-state index contributed by atoms with van der Waals surface area (Å²) in [6.45, 7) is 0. The number of fused-ring (bicyclic) bond motifs is 1. The van der Waals surface area contributed by atoms with Crippen LogP contribution in [0.4, 0.5) is 11.4 Å². The number of thiazole rings is 1. The summed E-state index contributed by atoms with van der Waals surface area (Å²) in [7, 11) is 0. The number of aromatic nitrogens is 1. The average Bonchev–Trinajstić information content (AvgIpc) is 3.52. The van der Waals surface area contributed by atoms with Gasteiger partial charge in [0, 0.05) is 29.4 Å². The molecule has 5 aromatic rings. The number of rotatable bonds is 5. The van der Waals surface area contributed by atoms with E-state index < -0.39 is 10.8 Å². The first kappa shape index (κ1) is 23.1. The number of nitrogens with zero attached hydrogens (tertiary/aromatic N) is 2. The average molecular weight is 517 g/mol. The van der Waals surface area contributed by atoms with Crippen molar-refractivity contribution in [2.45, 2.75) is 0 Å². The van der Waals surface area contributed by atoms with E-state index in [1.807, 2.05) is 24.3 Å². The monoisotopic (exact) mass is 516 g/mol. The van der Waals surface area contributed by atoms with E-state index in [9.17, 15) is 20.0 Å². The Morgan fingerprint density at radius 3 is 2.67 bits per heavy atom. The highest BCUT2D eigenvalue weighted by Crippen LogP contribution is 2.36. The molecule has 0 unspecified atom stereocenters. The quantitative estimate of drug-likeness (QED) is 0.148. The molecule has 0 saturated carbocycles. The summed E-state index contributed by atoms with van der Waals surface area (Å²) in [5.41, 5.74) is 2.29. The molecule has 2 aromatic heterocycles. The summed E-state index contributed by atoms with van der Waals surface area (Å²) in [4.78, 5) is 27.6. The van der Waals surface area contributed by atoms with E-state index in [2.05, 4.69) is 15.6 Å². The van der Waals surface area contributed by atoms with Gasteiger partial charge in [-0.25, -0.2) is 4.98 Å². The van der Waals surface area contributed by atoms with Crippen LogP contribution in [-0.4, -0.2) is 26.0 Å². The van der Waals surface area contributed by atoms with Gasteiger partial charge in [0.25, 0.3) is 11.6 Å². The maximum absolute atomic E-state index is 12.6. The van der Waals surface area contributed by atoms with Crippen LogP contribution in [0, 0.1) is 10.1 Å². The number of nitro groups is 1. The second-order valence-corrected chi connectivity index (χ2v) is 9.04. The molecule has 0 bridgehead atoms. The Hall–Kier alpha value is -4.61. The Labute approximate surface area is 213 Å². The summed E-state index contributed by atoms with van der Waals surface area (Å²) in [5, 5.41) is 27.6. The predicted molar refractivity (Wildman–Crippen MR) is 141 cm³/mol. The van der Waals surface area contributed by atoms with Crippen molar-refractivity contribution < 1.29 is 19.2 Å². The molecular weight excluding hydrogens is 500 g/mol. The number of nitro benzene ring substituents is 1. The van der Waals surface area contributed by atoms with Crippen molar-refractivity contribution in [2.24, 2.45) is 0 Å². The van der Waals surface area contributed by atoms with Crippen LogP contribution in [0.25, 0.3) is 32.1 Å². The van der Waals surface area contributed by atoms with E-state index in [1.165, 1.54) is 41.7 Å². The molecule has 0 spiro atoms. The normalized spacial score (nSPS) is 10.8. The first-order valence-corrected chi connectivity index (χ1v) is 11.8. The van der Waals surface area contributed by atoms with Crippen LogP contribution >= 0.6 is 23.6 Å². The number of thiocarbonyl (C=S) groups is 1. The SMILES string of the molecule is O=C(NC(=S)Nc1ccc(-c2nc3ccccc3s2)c(O)c1)c1ccc(-c2cccc([N+](=O)[O-])c2)o1. The number of phenolic OH excluding ortho intramolecular Hbond substituents is 1. The van der Waals surface area contributed by atoms with Gasteiger partial charge in [-0.3, -0.25) is 20.2 Å². The number of hydrogen-bond donors (Lipinski definition) is 3. The highest BCUT2D eigenvalue weighted by Gasteiger charge is 2.16. The van der Waals surface area contributed by atoms with Crippen LogP contribution in [0.3, 0.4) is 0 Å². The molecule has 9 nitrogen and oxygen atoms in total. The lowest BCUT2D eigenvalue weighted by atomic mass is 10.1. The van der Waals surface area contributed by atoms with Crippen molar-refractivity contribution in [2.75, 3.05) is 5.32 Å². The molecule has 0 saturated heterocycles. The Kier molecular flexibility index (Phi) is 6.15. The largest absolute Gasteiger partial charge is 0.507 e. The van der Waals surface area contributed by atoms with Gasteiger partial charge in [-0.1, -0.05) is 24.3 Å². The van der Waals surface area contributed by atoms with Crippen LogP contribution < -0.4 is 10.6 Å². The molecule has 3 aromatic carbocycles. The first-order chi connectivity index (χ1) is 17.4. The summed E-state index contributed by atoms with van der Waals surface area (Å²) >= 11 is 6.69. The molecule has 0 fully saturated rings. The van der Waals surface area contributed by atoms with Gasteiger partial charge in [0.1, 0.15) is 16.5 Å². The molecule has 0 radical (unpaired) electrons. The van der Waals surface area contributed by atoms with Gasteiger partial charge in [-0.15, -0.1) is 11.3 Å². The lowest BCUT2D eigenvalue weighted by Gasteiger charge is -2.10. The number of hydrogen-bond acceptors (Lipinski definition) is 8. The van der Waals surface area contributed by atoms with E-state index in [0.717, 1.165) is 10.2 Å². The molecule has 5 rings (SSSR count). The van der Waals surface area contributed by atoms with Crippen LogP contribution in [0.2, 0.25) is 0 Å². The second kappa shape index (κ2) is 9.56. The number of nitrogens with one attached hydrogen (secondary N) is 2. The van der Waals surface area contributed by atoms with E-state index in [0.29, 0.717) is 27.6 Å². The van der Waals surface area contributed by atoms with Crippen molar-refractivity contribution in [1.82, 2.24) is 10.3 Å². The fourth-order valence-corrected chi connectivity index (χ4v) is 4.70. The number of para-hydroxylation sites is 1. The third kappa shape index (κ3) is 4.78. The molecule has 0 atom stereocenters. The maximum Gasteiger partial charge on any atom is 0.293 e. The number of carbonyl (C=O) groups excluding carboxylic acids is 1. The molecule has 36 heavy (non-hydrogen) atoms. The number of benzene rings is 3. The fourth-order valence-electron chi connectivity index (χ4n) is 3.49. The Morgan fingerprint density at radius 2 is 1.89 bits per heavy atom. The summed E-state index contributed by atoms with van der Waals surface area (Å²) in [6, 6.07) is 21.5. The summed E-state index contributed by atoms with van der Waals surface area (Å²) in [5.74, 6) is -0.298. The minimum Gasteiger partial charge on any atom is -0.507 e. The number of phenols is 1. The number of aromatic hydroxyl groups is 1. The van der Waals surface area contributed by atoms with Gasteiger partial charge in [0.2, 0.25) is 0 Å². The van der Waals surface area contributed by atoms with Gasteiger partial charge < -0.3 is 14.8 Å². The van der Waals surface area contributed by atoms with Crippen molar-refractivity contribution in [1.29, 1.82) is 0 Å². The minimum absolute atomic E-state index is 0.000404. The van der Waals surface area contributed by atoms with Crippen molar-refractivity contribution >= 4 is 56.2 Å². The molecule has 2 heterocycles. The number of furan rings is 1. The van der Waals surface area contributed by atoms with Gasteiger partial charge in [0.15, 0.2) is 10.9 Å². The van der Waals surface area contributed by atoms with Gasteiger partial charge in [-0.2, -0.15) is 0 Å². The van der Waals surface area contributed by atoms with E-state index in [-0.39, 0.29) is 22.3 Å². The van der Waals surface area contributed by atoms with Crippen molar-refractivity contribution in [3.8, 4) is 27.6 Å². The lowest BCUT2D eigenvalue weighted by molar-refractivity contribution is -0.384. The van der Waals surface area contributed by atoms with Gasteiger partial charge in [0.05, 0.1) is 20.7 Å². The number of carbonyl (C=O) groups is 1. The Balaban J connectivity index is 1.25. The predicted octanol–water partition coefficient (Wildman–Crippen LogP) is 5.96. The number of amides is 1. The molecule has 1 amide bonds. The highest BCUT2D eigenvalue weighted by atomic mass is 32.1. The third-order valence-corrected chi connectivity index (χ3v) is 6.45. The zero-order valence-corrected chi connectivity index (χ0v) is 19.9. The molecular formula is C25H16N4O5S2. The Morgan fingerprint density at radius 1 is 1.06 bits per heavy atom. The second-order valence-electron chi connectivity index (χ2n) is 7.60. The van der Waals surface area contributed by atoms with E-state index in [4.69, 9.17) is 16.6 Å². The molecule has 0 aliphatic carbocycles. The smallest absolute Gasteiger partial charge is 0.293 e. The van der Waals surface area contributed by atoms with Gasteiger partial charge >= 0.3 is 0 Å². The molecule has 0 aliphatic heterocycles. The Bertz CT molecular complexity index is 1610. The third-order valence-electron chi connectivity index (χ3n) is 5.18. The summed E-state index contributed by atoms with van der Waals surface area (Å²) < 4.78 is 6.58. The summed E-state index contributed by atoms with van der Waals surface area (Å²) in [6.07, 6.45) is 0. The van der Waals surface area contributed by atoms with Crippen molar-refractivity contribution in [3.05, 3.63) is 94.7 Å². The van der Waals surface area contributed by atoms with Gasteiger partial charge in [-0.05, 0) is 48.6 Å². The molecule has 0 aliphatic rings. The fraction of sp³-hybridized carbons (Fsp3) is 0. The van der Waals surface area contributed by atoms with E-state index in [1.54, 1.807) is 24.3 Å². The topological polar surface area (TPSA) is 131 Å². The zero-order valence-electron chi connectivity index (χ0n) is 18.3. The zero-order chi connectivity index (χ0) is 25.2. The first-order valence-electron chi connectivity index (χ1n) is 10.5. The van der Waals surface area contributed by atoms with Crippen molar-refractivity contribution in [3.63, 3.8) is 0 Å². The number of non-ortho nitro benzene ring substituents is 1. The number of anilines is 1. The maximum atomic E-state index is 12.6. The van der Waals surface area contributed by atoms with Crippen LogP contribution in [-0.2, 0) is 0 Å². The van der Waals surface area contributed by atoms with E-state index >= 15 is 0 Å². The molecule has 178 valence electrons. The molecule has 11 heteroatoms. The molecule has 3 N–H and O–H groups in total. The standard InChI is InChI=1S/C25H16N4O5S2/c30-19-13-15(8-9-17(19)24-27-18-6-1-2-7-22(18)36-24)26-25(35)28-23(31)21-11-10-20(34-21)14-4-3-5-16(12-14)29(32)33/h1-13,30H,(H2,26,28,31,35). The van der Waals surface area contributed by atoms with Crippen LogP contribution in [0.1, 0.15) is 10.6 Å².